The van der Waals surface area contributed by atoms with Crippen molar-refractivity contribution in [1.82, 2.24) is 14.5 Å². The molecule has 0 saturated carbocycles. The number of aryl methyl sites for hydroxylation is 2. The lowest BCUT2D eigenvalue weighted by Crippen LogP contribution is -2.21. The number of H-pyrrole nitrogens is 1. The molecule has 0 radical (unpaired) electrons. The third-order valence-corrected chi connectivity index (χ3v) is 6.61. The van der Waals surface area contributed by atoms with Gasteiger partial charge in [0.05, 0.1) is 5.69 Å². The van der Waals surface area contributed by atoms with Crippen LogP contribution in [-0.2, 0) is 26.4 Å². The summed E-state index contributed by atoms with van der Waals surface area (Å²) in [5, 5.41) is 20.8. The van der Waals surface area contributed by atoms with E-state index in [-0.39, 0.29) is 12.4 Å². The molecule has 9 heteroatoms. The van der Waals surface area contributed by atoms with Crippen molar-refractivity contribution < 1.29 is 19.4 Å². The Hall–Kier alpha value is -2.84. The second-order valence-corrected chi connectivity index (χ2v) is 8.57. The average molecular weight is 462 g/mol. The summed E-state index contributed by atoms with van der Waals surface area (Å²) in [4.78, 5) is 28.6. The van der Waals surface area contributed by atoms with E-state index in [9.17, 15) is 24.2 Å². The van der Waals surface area contributed by atoms with Crippen molar-refractivity contribution in [3.8, 4) is 17.0 Å². The standard InChI is InChI=1S/C23H24FN3O4.ClH/c1-26-15(11-27-6-5-14(24)10-27)7-13-8-17-12(9-18(13)26)3-2-4-16-20(17)25-22(29)19(21(16)28)23(30)31;/h7-9,14H,2-6,10-11H2,1H3,(H,30,31)(H2,25,28,29);1H/t14-;/m1./s1. The van der Waals surface area contributed by atoms with Gasteiger partial charge in [0.2, 0.25) is 0 Å². The minimum atomic E-state index is -1.44. The van der Waals surface area contributed by atoms with E-state index < -0.39 is 29.0 Å². The molecule has 3 aromatic rings. The Bertz CT molecular complexity index is 1280. The summed E-state index contributed by atoms with van der Waals surface area (Å²) in [6, 6.07) is 6.18. The molecule has 3 heterocycles. The number of aromatic hydroxyl groups is 1. The first-order valence-corrected chi connectivity index (χ1v) is 10.5. The van der Waals surface area contributed by atoms with Crippen molar-refractivity contribution in [1.29, 1.82) is 0 Å². The molecule has 1 aliphatic heterocycles. The molecular weight excluding hydrogens is 437 g/mol. The number of alkyl halides is 1. The van der Waals surface area contributed by atoms with Crippen molar-refractivity contribution in [3.05, 3.63) is 50.9 Å². The first kappa shape index (κ1) is 22.4. The Kier molecular flexibility index (Phi) is 5.77. The third kappa shape index (κ3) is 3.57. The van der Waals surface area contributed by atoms with Crippen LogP contribution in [0.4, 0.5) is 4.39 Å². The Morgan fingerprint density at radius 3 is 2.75 bits per heavy atom. The highest BCUT2D eigenvalue weighted by Gasteiger charge is 2.27. The van der Waals surface area contributed by atoms with E-state index in [4.69, 9.17) is 0 Å². The third-order valence-electron chi connectivity index (χ3n) is 6.61. The molecule has 3 N–H and O–H groups in total. The maximum absolute atomic E-state index is 13.6. The molecule has 170 valence electrons. The molecule has 1 aromatic carbocycles. The molecule has 2 aromatic heterocycles. The van der Waals surface area contributed by atoms with Gasteiger partial charge in [0.25, 0.3) is 5.56 Å². The van der Waals surface area contributed by atoms with Gasteiger partial charge in [-0.1, -0.05) is 0 Å². The zero-order chi connectivity index (χ0) is 21.9. The highest BCUT2D eigenvalue weighted by molar-refractivity contribution is 5.93. The Morgan fingerprint density at radius 2 is 2.06 bits per heavy atom. The van der Waals surface area contributed by atoms with Gasteiger partial charge < -0.3 is 19.8 Å². The molecule has 5 rings (SSSR count). The normalized spacial score (nSPS) is 18.1. The Labute approximate surface area is 189 Å². The van der Waals surface area contributed by atoms with E-state index in [1.807, 2.05) is 13.1 Å². The maximum atomic E-state index is 13.6. The number of benzene rings is 1. The number of rotatable bonds is 3. The first-order valence-electron chi connectivity index (χ1n) is 10.5. The highest BCUT2D eigenvalue weighted by Crippen LogP contribution is 2.38. The molecule has 32 heavy (non-hydrogen) atoms. The fourth-order valence-corrected chi connectivity index (χ4v) is 4.99. The van der Waals surface area contributed by atoms with E-state index in [1.54, 1.807) is 0 Å². The number of carbonyl (C=O) groups is 1. The van der Waals surface area contributed by atoms with E-state index in [0.29, 0.717) is 37.2 Å². The number of nitrogens with zero attached hydrogens (tertiary/aromatic N) is 2. The zero-order valence-electron chi connectivity index (χ0n) is 17.7. The van der Waals surface area contributed by atoms with Gasteiger partial charge in [-0.25, -0.2) is 9.18 Å². The number of halogens is 2. The van der Waals surface area contributed by atoms with Gasteiger partial charge in [-0.2, -0.15) is 0 Å². The molecule has 7 nitrogen and oxygen atoms in total. The zero-order valence-corrected chi connectivity index (χ0v) is 18.5. The van der Waals surface area contributed by atoms with Gasteiger partial charge >= 0.3 is 5.97 Å². The summed E-state index contributed by atoms with van der Waals surface area (Å²) in [5.41, 5.74) is 3.55. The van der Waals surface area contributed by atoms with E-state index in [1.165, 1.54) is 0 Å². The van der Waals surface area contributed by atoms with Crippen molar-refractivity contribution in [2.24, 2.45) is 7.05 Å². The monoisotopic (exact) mass is 461 g/mol. The second-order valence-electron chi connectivity index (χ2n) is 8.57. The van der Waals surface area contributed by atoms with Crippen LogP contribution in [0.5, 0.6) is 5.75 Å². The summed E-state index contributed by atoms with van der Waals surface area (Å²) in [7, 11) is 2.00. The smallest absolute Gasteiger partial charge is 0.345 e. The van der Waals surface area contributed by atoms with Crippen LogP contribution in [0.1, 0.15) is 40.0 Å². The molecule has 0 spiro atoms. The number of hydrogen-bond acceptors (Lipinski definition) is 4. The number of aromatic carboxylic acids is 1. The molecule has 2 aliphatic rings. The molecule has 1 saturated heterocycles. The summed E-state index contributed by atoms with van der Waals surface area (Å²) in [6.07, 6.45) is 1.77. The first-order chi connectivity index (χ1) is 14.8. The quantitative estimate of drug-likeness (QED) is 0.555. The van der Waals surface area contributed by atoms with Gasteiger partial charge in [-0.05, 0) is 49.4 Å². The van der Waals surface area contributed by atoms with Gasteiger partial charge in [0, 0.05) is 54.4 Å². The van der Waals surface area contributed by atoms with Crippen LogP contribution in [0.15, 0.2) is 23.0 Å². The predicted molar refractivity (Wildman–Crippen MR) is 122 cm³/mol. The van der Waals surface area contributed by atoms with Crippen molar-refractivity contribution in [2.75, 3.05) is 13.1 Å². The van der Waals surface area contributed by atoms with E-state index in [2.05, 4.69) is 26.6 Å². The molecule has 1 aliphatic carbocycles. The molecule has 1 fully saturated rings. The van der Waals surface area contributed by atoms with Gasteiger partial charge in [-0.3, -0.25) is 9.69 Å². The topological polar surface area (TPSA) is 98.6 Å². The van der Waals surface area contributed by atoms with Crippen molar-refractivity contribution >= 4 is 29.3 Å². The van der Waals surface area contributed by atoms with E-state index >= 15 is 0 Å². The molecule has 0 bridgehead atoms. The van der Waals surface area contributed by atoms with Crippen LogP contribution in [0.3, 0.4) is 0 Å². The van der Waals surface area contributed by atoms with Crippen LogP contribution in [-0.4, -0.2) is 49.9 Å². The van der Waals surface area contributed by atoms with Gasteiger partial charge in [0.15, 0.2) is 5.56 Å². The fraction of sp³-hybridized carbons (Fsp3) is 0.391. The largest absolute Gasteiger partial charge is 0.506 e. The van der Waals surface area contributed by atoms with Crippen LogP contribution in [0.25, 0.3) is 22.2 Å². The SMILES string of the molecule is Cl.Cn1c(CN2CC[C@@H](F)C2)cc2cc3c(cc21)CCCc1c-3[nH]c(=O)c(C(=O)O)c1O. The molecule has 0 unspecified atom stereocenters. The fourth-order valence-electron chi connectivity index (χ4n) is 4.99. The summed E-state index contributed by atoms with van der Waals surface area (Å²) in [6.45, 7) is 1.88. The van der Waals surface area contributed by atoms with E-state index in [0.717, 1.165) is 47.1 Å². The number of fused-ring (bicyclic) bond motifs is 4. The van der Waals surface area contributed by atoms with Crippen molar-refractivity contribution in [3.63, 3.8) is 0 Å². The minimum Gasteiger partial charge on any atom is -0.506 e. The number of likely N-dealkylation sites (tertiary alicyclic amines) is 1. The number of carboxylic acid groups (broad SMARTS) is 1. The number of hydrogen-bond donors (Lipinski definition) is 3. The van der Waals surface area contributed by atoms with Gasteiger partial charge in [0.1, 0.15) is 11.9 Å². The lowest BCUT2D eigenvalue weighted by Gasteiger charge is -2.15. The summed E-state index contributed by atoms with van der Waals surface area (Å²) in [5.74, 6) is -1.88. The van der Waals surface area contributed by atoms with Crippen molar-refractivity contribution in [2.45, 2.75) is 38.4 Å². The lowest BCUT2D eigenvalue weighted by molar-refractivity contribution is 0.0691. The predicted octanol–water partition coefficient (Wildman–Crippen LogP) is 3.39. The maximum Gasteiger partial charge on any atom is 0.345 e. The Balaban J connectivity index is 0.00000245. The van der Waals surface area contributed by atoms with Crippen LogP contribution in [0, 0.1) is 0 Å². The summed E-state index contributed by atoms with van der Waals surface area (Å²) < 4.78 is 15.7. The van der Waals surface area contributed by atoms with Crippen LogP contribution >= 0.6 is 12.4 Å². The molecular formula is C23H25ClFN3O4. The highest BCUT2D eigenvalue weighted by atomic mass is 35.5. The minimum absolute atomic E-state index is 0. The number of pyridine rings is 1. The number of carboxylic acids is 1. The van der Waals surface area contributed by atoms with Crippen LogP contribution in [0.2, 0.25) is 0 Å². The van der Waals surface area contributed by atoms with Crippen LogP contribution < -0.4 is 5.56 Å². The lowest BCUT2D eigenvalue weighted by atomic mass is 9.98. The number of aromatic amines is 1. The molecule has 0 amide bonds. The number of nitrogens with one attached hydrogen (secondary N) is 1. The average Bonchev–Trinajstić information content (AvgIpc) is 3.19. The second kappa shape index (κ2) is 8.26. The Morgan fingerprint density at radius 1 is 1.28 bits per heavy atom. The molecule has 1 atom stereocenters. The number of aromatic nitrogens is 2. The van der Waals surface area contributed by atoms with Gasteiger partial charge in [-0.15, -0.1) is 12.4 Å². The summed E-state index contributed by atoms with van der Waals surface area (Å²) >= 11 is 0.